The lowest BCUT2D eigenvalue weighted by atomic mass is 10.0. The number of fused-ring (bicyclic) bond motifs is 1. The van der Waals surface area contributed by atoms with Crippen LogP contribution in [0.5, 0.6) is 0 Å². The normalized spacial score (nSPS) is 18.2. The molecule has 20 heavy (non-hydrogen) atoms. The maximum Gasteiger partial charge on any atom is 0.237 e. The van der Waals surface area contributed by atoms with Crippen LogP contribution in [0.1, 0.15) is 57.7 Å². The van der Waals surface area contributed by atoms with E-state index in [1.54, 1.807) is 0 Å². The van der Waals surface area contributed by atoms with Crippen molar-refractivity contribution in [1.29, 1.82) is 0 Å². The second-order valence-electron chi connectivity index (χ2n) is 5.94. The Balaban J connectivity index is 2.08. The van der Waals surface area contributed by atoms with E-state index in [-0.39, 0.29) is 17.9 Å². The van der Waals surface area contributed by atoms with Crippen molar-refractivity contribution in [2.45, 2.75) is 65.1 Å². The highest BCUT2D eigenvalue weighted by molar-refractivity contribution is 5.82. The summed E-state index contributed by atoms with van der Waals surface area (Å²) in [7, 11) is 0. The van der Waals surface area contributed by atoms with Gasteiger partial charge >= 0.3 is 0 Å². The number of nitrogens with zero attached hydrogens (tertiary/aromatic N) is 3. The lowest BCUT2D eigenvalue weighted by Gasteiger charge is -2.20. The van der Waals surface area contributed by atoms with E-state index in [0.717, 1.165) is 37.5 Å². The van der Waals surface area contributed by atoms with Crippen LogP contribution in [0.4, 0.5) is 0 Å². The average Bonchev–Trinajstić information content (AvgIpc) is 2.67. The Morgan fingerprint density at radius 2 is 2.00 bits per heavy atom. The van der Waals surface area contributed by atoms with Crippen LogP contribution in [0.15, 0.2) is 0 Å². The van der Waals surface area contributed by atoms with Crippen molar-refractivity contribution in [3.8, 4) is 0 Å². The van der Waals surface area contributed by atoms with Crippen LogP contribution in [-0.4, -0.2) is 26.7 Å². The molecule has 3 N–H and O–H groups in total. The van der Waals surface area contributed by atoms with Gasteiger partial charge in [0.25, 0.3) is 0 Å². The van der Waals surface area contributed by atoms with Gasteiger partial charge in [-0.2, -0.15) is 0 Å². The highest BCUT2D eigenvalue weighted by atomic mass is 16.2. The zero-order valence-corrected chi connectivity index (χ0v) is 12.6. The number of nitrogens with one attached hydrogen (secondary N) is 1. The summed E-state index contributed by atoms with van der Waals surface area (Å²) in [6.45, 7) is 6.76. The van der Waals surface area contributed by atoms with Crippen molar-refractivity contribution in [2.24, 2.45) is 11.7 Å². The van der Waals surface area contributed by atoms with E-state index in [1.807, 2.05) is 20.8 Å². The van der Waals surface area contributed by atoms with Gasteiger partial charge in [0.1, 0.15) is 5.82 Å². The van der Waals surface area contributed by atoms with Crippen molar-refractivity contribution in [2.75, 3.05) is 0 Å². The van der Waals surface area contributed by atoms with E-state index in [1.165, 1.54) is 6.42 Å². The summed E-state index contributed by atoms with van der Waals surface area (Å²) >= 11 is 0. The molecule has 2 heterocycles. The van der Waals surface area contributed by atoms with Gasteiger partial charge in [-0.3, -0.25) is 4.79 Å². The van der Waals surface area contributed by atoms with Gasteiger partial charge < -0.3 is 15.6 Å². The molecule has 0 saturated heterocycles. The monoisotopic (exact) mass is 279 g/mol. The second-order valence-corrected chi connectivity index (χ2v) is 5.94. The molecule has 1 aliphatic heterocycles. The molecule has 0 bridgehead atoms. The maximum atomic E-state index is 12.0. The van der Waals surface area contributed by atoms with Crippen LogP contribution in [0.2, 0.25) is 0 Å². The number of rotatable bonds is 4. The van der Waals surface area contributed by atoms with E-state index in [2.05, 4.69) is 20.1 Å². The predicted molar refractivity (Wildman–Crippen MR) is 76.9 cm³/mol. The fourth-order valence-electron chi connectivity index (χ4n) is 2.50. The third-order valence-electron chi connectivity index (χ3n) is 3.91. The molecule has 6 nitrogen and oxygen atoms in total. The predicted octanol–water partition coefficient (Wildman–Crippen LogP) is 1.16. The quantitative estimate of drug-likeness (QED) is 0.866. The van der Waals surface area contributed by atoms with Gasteiger partial charge in [0.05, 0.1) is 12.1 Å². The maximum absolute atomic E-state index is 12.0. The third kappa shape index (κ3) is 3.17. The van der Waals surface area contributed by atoms with E-state index in [0.29, 0.717) is 0 Å². The Labute approximate surface area is 120 Å². The second kappa shape index (κ2) is 6.35. The van der Waals surface area contributed by atoms with Crippen molar-refractivity contribution < 1.29 is 4.79 Å². The number of hydrogen-bond acceptors (Lipinski definition) is 4. The zero-order chi connectivity index (χ0) is 14.7. The molecule has 1 aromatic rings. The fourth-order valence-corrected chi connectivity index (χ4v) is 2.50. The highest BCUT2D eigenvalue weighted by Gasteiger charge is 2.23. The molecule has 1 amide bonds. The van der Waals surface area contributed by atoms with Crippen molar-refractivity contribution in [3.05, 3.63) is 11.6 Å². The molecule has 0 aromatic carbocycles. The van der Waals surface area contributed by atoms with Crippen LogP contribution >= 0.6 is 0 Å². The van der Waals surface area contributed by atoms with Gasteiger partial charge in [0.2, 0.25) is 5.91 Å². The minimum absolute atomic E-state index is 0.123. The lowest BCUT2D eigenvalue weighted by molar-refractivity contribution is -0.123. The lowest BCUT2D eigenvalue weighted by Crippen LogP contribution is -2.45. The average molecular weight is 279 g/mol. The molecule has 1 aromatic heterocycles. The molecule has 0 saturated carbocycles. The first-order valence-electron chi connectivity index (χ1n) is 7.48. The van der Waals surface area contributed by atoms with Gasteiger partial charge in [-0.05, 0) is 25.7 Å². The summed E-state index contributed by atoms with van der Waals surface area (Å²) in [5, 5.41) is 11.5. The topological polar surface area (TPSA) is 85.8 Å². The van der Waals surface area contributed by atoms with Crippen LogP contribution in [-0.2, 0) is 17.8 Å². The largest absolute Gasteiger partial charge is 0.345 e. The Kier molecular flexibility index (Phi) is 4.75. The summed E-state index contributed by atoms with van der Waals surface area (Å²) in [5.41, 5.74) is 5.87. The standard InChI is InChI=1S/C14H25N5O/c1-9(2)12(15)14(20)16-10(3)13-18-17-11-7-5-4-6-8-19(11)13/h9-10,12H,4-8,15H2,1-3H3,(H,16,20)/t10?,12-/m1/s1. The molecule has 0 aliphatic carbocycles. The van der Waals surface area contributed by atoms with E-state index < -0.39 is 6.04 Å². The number of aryl methyl sites for hydroxylation is 1. The Bertz CT molecular complexity index is 468. The number of nitrogens with two attached hydrogens (primary N) is 1. The molecule has 112 valence electrons. The summed E-state index contributed by atoms with van der Waals surface area (Å²) in [6, 6.07) is -0.643. The molecule has 1 aliphatic rings. The third-order valence-corrected chi connectivity index (χ3v) is 3.91. The number of carbonyl (C=O) groups is 1. The van der Waals surface area contributed by atoms with Crippen molar-refractivity contribution >= 4 is 5.91 Å². The van der Waals surface area contributed by atoms with Crippen LogP contribution < -0.4 is 11.1 Å². The van der Waals surface area contributed by atoms with Gasteiger partial charge in [0.15, 0.2) is 5.82 Å². The van der Waals surface area contributed by atoms with Crippen LogP contribution in [0.3, 0.4) is 0 Å². The molecule has 0 radical (unpaired) electrons. The Hall–Kier alpha value is -1.43. The molecule has 6 heteroatoms. The van der Waals surface area contributed by atoms with Crippen molar-refractivity contribution in [1.82, 2.24) is 20.1 Å². The van der Waals surface area contributed by atoms with Gasteiger partial charge in [-0.1, -0.05) is 20.3 Å². The number of hydrogen-bond donors (Lipinski definition) is 2. The van der Waals surface area contributed by atoms with Gasteiger partial charge in [0, 0.05) is 13.0 Å². The van der Waals surface area contributed by atoms with E-state index in [9.17, 15) is 4.79 Å². The van der Waals surface area contributed by atoms with E-state index in [4.69, 9.17) is 5.73 Å². The molecule has 0 fully saturated rings. The Morgan fingerprint density at radius 3 is 2.70 bits per heavy atom. The molecule has 2 rings (SSSR count). The SMILES string of the molecule is CC(NC(=O)[C@H](N)C(C)C)c1nnc2n1CCCCC2. The first-order chi connectivity index (χ1) is 9.50. The smallest absolute Gasteiger partial charge is 0.237 e. The minimum Gasteiger partial charge on any atom is -0.345 e. The van der Waals surface area contributed by atoms with Crippen molar-refractivity contribution in [3.63, 3.8) is 0 Å². The summed E-state index contributed by atoms with van der Waals surface area (Å²) in [4.78, 5) is 12.0. The van der Waals surface area contributed by atoms with Crippen LogP contribution in [0, 0.1) is 5.92 Å². The van der Waals surface area contributed by atoms with Crippen LogP contribution in [0.25, 0.3) is 0 Å². The minimum atomic E-state index is -0.482. The zero-order valence-electron chi connectivity index (χ0n) is 12.6. The first-order valence-corrected chi connectivity index (χ1v) is 7.48. The molecule has 1 unspecified atom stereocenters. The first kappa shape index (κ1) is 15.0. The van der Waals surface area contributed by atoms with Gasteiger partial charge in [-0.25, -0.2) is 0 Å². The van der Waals surface area contributed by atoms with Gasteiger partial charge in [-0.15, -0.1) is 10.2 Å². The summed E-state index contributed by atoms with van der Waals surface area (Å²) < 4.78 is 2.15. The number of amides is 1. The number of carbonyl (C=O) groups excluding carboxylic acids is 1. The molecular formula is C14H25N5O. The molecule has 0 spiro atoms. The molecular weight excluding hydrogens is 254 g/mol. The summed E-state index contributed by atoms with van der Waals surface area (Å²) in [5.74, 6) is 1.87. The fraction of sp³-hybridized carbons (Fsp3) is 0.786. The highest BCUT2D eigenvalue weighted by Crippen LogP contribution is 2.18. The number of aromatic nitrogens is 3. The molecule has 2 atom stereocenters. The van der Waals surface area contributed by atoms with E-state index >= 15 is 0 Å². The Morgan fingerprint density at radius 1 is 1.25 bits per heavy atom. The summed E-state index contributed by atoms with van der Waals surface area (Å²) in [6.07, 6.45) is 4.50.